The Bertz CT molecular complexity index is 385. The molecule has 1 atom stereocenters. The van der Waals surface area contributed by atoms with Crippen LogP contribution in [0.4, 0.5) is 13.2 Å². The van der Waals surface area contributed by atoms with Gasteiger partial charge in [-0.15, -0.1) is 0 Å². The normalized spacial score (nSPS) is 13.2. The summed E-state index contributed by atoms with van der Waals surface area (Å²) in [5.74, 6) is -0.593. The fourth-order valence-electron chi connectivity index (χ4n) is 1.08. The first-order chi connectivity index (χ1) is 7.80. The minimum Gasteiger partial charge on any atom is -0.460 e. The standard InChI is InChI=1S/C11H12F3NO2/c1-7(15)10(16)17-6-8-2-4-9(5-3-8)11(12,13)14/h2-5,7H,6,15H2,1H3/t7-/m0/s1. The molecule has 0 saturated heterocycles. The molecule has 0 bridgehead atoms. The van der Waals surface area contributed by atoms with E-state index in [2.05, 4.69) is 0 Å². The smallest absolute Gasteiger partial charge is 0.416 e. The van der Waals surface area contributed by atoms with E-state index in [-0.39, 0.29) is 6.61 Å². The van der Waals surface area contributed by atoms with Crippen molar-refractivity contribution in [2.45, 2.75) is 25.7 Å². The van der Waals surface area contributed by atoms with Crippen LogP contribution in [0.15, 0.2) is 24.3 Å². The van der Waals surface area contributed by atoms with Gasteiger partial charge in [0.15, 0.2) is 0 Å². The second-order valence-corrected chi connectivity index (χ2v) is 3.59. The van der Waals surface area contributed by atoms with Gasteiger partial charge in [-0.1, -0.05) is 12.1 Å². The molecule has 0 heterocycles. The first-order valence-corrected chi connectivity index (χ1v) is 4.89. The number of nitrogens with two attached hydrogens (primary N) is 1. The van der Waals surface area contributed by atoms with Crippen molar-refractivity contribution in [2.75, 3.05) is 0 Å². The quantitative estimate of drug-likeness (QED) is 0.832. The number of carbonyl (C=O) groups excluding carboxylic acids is 1. The molecule has 6 heteroatoms. The van der Waals surface area contributed by atoms with Gasteiger partial charge in [0.05, 0.1) is 5.56 Å². The number of alkyl halides is 3. The number of benzene rings is 1. The van der Waals surface area contributed by atoms with E-state index in [9.17, 15) is 18.0 Å². The van der Waals surface area contributed by atoms with Gasteiger partial charge in [-0.2, -0.15) is 13.2 Å². The minimum absolute atomic E-state index is 0.0848. The van der Waals surface area contributed by atoms with Gasteiger partial charge in [0.25, 0.3) is 0 Å². The van der Waals surface area contributed by atoms with Crippen LogP contribution in [0.2, 0.25) is 0 Å². The molecule has 0 aliphatic heterocycles. The highest BCUT2D eigenvalue weighted by Gasteiger charge is 2.29. The number of ether oxygens (including phenoxy) is 1. The highest BCUT2D eigenvalue weighted by molar-refractivity contribution is 5.74. The first kappa shape index (κ1) is 13.5. The Kier molecular flexibility index (Phi) is 4.11. The van der Waals surface area contributed by atoms with Crippen LogP contribution in [0.25, 0.3) is 0 Å². The van der Waals surface area contributed by atoms with Crippen LogP contribution in [-0.4, -0.2) is 12.0 Å². The van der Waals surface area contributed by atoms with E-state index in [1.165, 1.54) is 19.1 Å². The third-order valence-corrected chi connectivity index (χ3v) is 2.03. The van der Waals surface area contributed by atoms with E-state index in [1.807, 2.05) is 0 Å². The molecular formula is C11H12F3NO2. The maximum absolute atomic E-state index is 12.2. The molecule has 0 radical (unpaired) electrons. The summed E-state index contributed by atoms with van der Waals surface area (Å²) >= 11 is 0. The zero-order valence-corrected chi connectivity index (χ0v) is 9.12. The molecular weight excluding hydrogens is 235 g/mol. The molecule has 17 heavy (non-hydrogen) atoms. The summed E-state index contributed by atoms with van der Waals surface area (Å²) in [7, 11) is 0. The fraction of sp³-hybridized carbons (Fsp3) is 0.364. The molecule has 94 valence electrons. The van der Waals surface area contributed by atoms with Crippen LogP contribution >= 0.6 is 0 Å². The highest BCUT2D eigenvalue weighted by atomic mass is 19.4. The van der Waals surface area contributed by atoms with Crippen molar-refractivity contribution in [2.24, 2.45) is 5.73 Å². The summed E-state index contributed by atoms with van der Waals surface area (Å²) in [6.45, 7) is 1.38. The number of carbonyl (C=O) groups is 1. The lowest BCUT2D eigenvalue weighted by Crippen LogP contribution is -2.28. The molecule has 2 N–H and O–H groups in total. The van der Waals surface area contributed by atoms with Gasteiger partial charge in [0.2, 0.25) is 0 Å². The average Bonchev–Trinajstić information content (AvgIpc) is 2.25. The van der Waals surface area contributed by atoms with Crippen molar-refractivity contribution < 1.29 is 22.7 Å². The maximum Gasteiger partial charge on any atom is 0.416 e. The molecule has 0 amide bonds. The van der Waals surface area contributed by atoms with Crippen molar-refractivity contribution in [3.8, 4) is 0 Å². The number of hydrogen-bond acceptors (Lipinski definition) is 3. The Morgan fingerprint density at radius 3 is 2.29 bits per heavy atom. The first-order valence-electron chi connectivity index (χ1n) is 4.89. The lowest BCUT2D eigenvalue weighted by Gasteiger charge is -2.09. The topological polar surface area (TPSA) is 52.3 Å². The van der Waals surface area contributed by atoms with Crippen LogP contribution in [0.1, 0.15) is 18.1 Å². The summed E-state index contributed by atoms with van der Waals surface area (Å²) < 4.78 is 41.5. The van der Waals surface area contributed by atoms with E-state index in [1.54, 1.807) is 0 Å². The van der Waals surface area contributed by atoms with Crippen molar-refractivity contribution in [3.63, 3.8) is 0 Å². The lowest BCUT2D eigenvalue weighted by atomic mass is 10.1. The molecule has 0 fully saturated rings. The molecule has 1 aromatic rings. The third-order valence-electron chi connectivity index (χ3n) is 2.03. The number of esters is 1. The summed E-state index contributed by atoms with van der Waals surface area (Å²) in [6, 6.07) is 3.66. The van der Waals surface area contributed by atoms with E-state index < -0.39 is 23.8 Å². The molecule has 1 rings (SSSR count). The SMILES string of the molecule is C[C@H](N)C(=O)OCc1ccc(C(F)(F)F)cc1. The van der Waals surface area contributed by atoms with E-state index in [4.69, 9.17) is 10.5 Å². The Balaban J connectivity index is 2.61. The van der Waals surface area contributed by atoms with Crippen LogP contribution in [0.3, 0.4) is 0 Å². The lowest BCUT2D eigenvalue weighted by molar-refractivity contribution is -0.146. The van der Waals surface area contributed by atoms with E-state index >= 15 is 0 Å². The summed E-state index contributed by atoms with van der Waals surface area (Å²) in [5, 5.41) is 0. The molecule has 0 unspecified atom stereocenters. The molecule has 3 nitrogen and oxygen atoms in total. The van der Waals surface area contributed by atoms with Crippen LogP contribution in [0, 0.1) is 0 Å². The molecule has 0 aliphatic rings. The van der Waals surface area contributed by atoms with Gasteiger partial charge in [-0.05, 0) is 24.6 Å². The molecule has 0 aliphatic carbocycles. The zero-order chi connectivity index (χ0) is 13.1. The van der Waals surface area contributed by atoms with Gasteiger partial charge >= 0.3 is 12.1 Å². The van der Waals surface area contributed by atoms with Gasteiger partial charge in [0.1, 0.15) is 12.6 Å². The van der Waals surface area contributed by atoms with E-state index in [0.29, 0.717) is 5.56 Å². The molecule has 0 spiro atoms. The monoisotopic (exact) mass is 247 g/mol. The average molecular weight is 247 g/mol. The van der Waals surface area contributed by atoms with Crippen molar-refractivity contribution in [1.82, 2.24) is 0 Å². The summed E-state index contributed by atoms with van der Waals surface area (Å²) in [6.07, 6.45) is -4.36. The van der Waals surface area contributed by atoms with Gasteiger partial charge in [-0.25, -0.2) is 0 Å². The van der Waals surface area contributed by atoms with Crippen molar-refractivity contribution >= 4 is 5.97 Å². The molecule has 1 aromatic carbocycles. The predicted molar refractivity (Wildman–Crippen MR) is 54.9 cm³/mol. The predicted octanol–water partition coefficient (Wildman–Crippen LogP) is 2.10. The molecule has 0 saturated carbocycles. The summed E-state index contributed by atoms with van der Waals surface area (Å²) in [4.78, 5) is 11.0. The number of rotatable bonds is 3. The van der Waals surface area contributed by atoms with Crippen LogP contribution in [-0.2, 0) is 22.3 Å². The zero-order valence-electron chi connectivity index (χ0n) is 9.12. The van der Waals surface area contributed by atoms with E-state index in [0.717, 1.165) is 12.1 Å². The third kappa shape index (κ3) is 4.07. The minimum atomic E-state index is -4.36. The number of halogens is 3. The fourth-order valence-corrected chi connectivity index (χ4v) is 1.08. The Labute approximate surface area is 96.4 Å². The Hall–Kier alpha value is -1.56. The van der Waals surface area contributed by atoms with Gasteiger partial charge < -0.3 is 10.5 Å². The Morgan fingerprint density at radius 1 is 1.35 bits per heavy atom. The maximum atomic E-state index is 12.2. The molecule has 0 aromatic heterocycles. The van der Waals surface area contributed by atoms with Gasteiger partial charge in [-0.3, -0.25) is 4.79 Å². The van der Waals surface area contributed by atoms with Crippen LogP contribution in [0.5, 0.6) is 0 Å². The second-order valence-electron chi connectivity index (χ2n) is 3.59. The largest absolute Gasteiger partial charge is 0.460 e. The number of hydrogen-bond donors (Lipinski definition) is 1. The Morgan fingerprint density at radius 2 is 1.88 bits per heavy atom. The van der Waals surface area contributed by atoms with Crippen molar-refractivity contribution in [3.05, 3.63) is 35.4 Å². The van der Waals surface area contributed by atoms with Crippen LogP contribution < -0.4 is 5.73 Å². The second kappa shape index (κ2) is 5.18. The van der Waals surface area contributed by atoms with Gasteiger partial charge in [0, 0.05) is 0 Å². The highest BCUT2D eigenvalue weighted by Crippen LogP contribution is 2.29. The summed E-state index contributed by atoms with van der Waals surface area (Å²) in [5.41, 5.74) is 5.00. The van der Waals surface area contributed by atoms with Crippen molar-refractivity contribution in [1.29, 1.82) is 0 Å².